The van der Waals surface area contributed by atoms with Crippen LogP contribution in [0.1, 0.15) is 10.7 Å². The molecule has 0 unspecified atom stereocenters. The minimum atomic E-state index is -1.64. The van der Waals surface area contributed by atoms with Gasteiger partial charge in [0.05, 0.1) is 17.8 Å². The molecule has 9 heteroatoms. The standard InChI is InChI=1S/C18H12ClF3N2O2S/c19-10-1-3-12(4-2-10)26-8-16-23-11(9-27-16)7-15(25)24-14-6-5-13(20)17(21)18(14)22/h1-6,9H,7-8H2,(H,24,25). The summed E-state index contributed by atoms with van der Waals surface area (Å²) in [7, 11) is 0. The Morgan fingerprint density at radius 3 is 2.59 bits per heavy atom. The van der Waals surface area contributed by atoms with Crippen LogP contribution in [0.5, 0.6) is 5.75 Å². The number of carbonyl (C=O) groups is 1. The van der Waals surface area contributed by atoms with Gasteiger partial charge in [0, 0.05) is 10.4 Å². The molecule has 3 rings (SSSR count). The molecule has 140 valence electrons. The Morgan fingerprint density at radius 2 is 1.85 bits per heavy atom. The fraction of sp³-hybridized carbons (Fsp3) is 0.111. The maximum absolute atomic E-state index is 13.6. The van der Waals surface area contributed by atoms with Gasteiger partial charge in [-0.1, -0.05) is 11.6 Å². The van der Waals surface area contributed by atoms with Crippen molar-refractivity contribution in [2.24, 2.45) is 0 Å². The normalized spacial score (nSPS) is 10.7. The van der Waals surface area contributed by atoms with Crippen LogP contribution in [0.4, 0.5) is 18.9 Å². The molecule has 0 aliphatic rings. The number of aromatic nitrogens is 1. The van der Waals surface area contributed by atoms with E-state index in [1.165, 1.54) is 11.3 Å². The Kier molecular flexibility index (Phi) is 5.98. The Hall–Kier alpha value is -2.58. The third kappa shape index (κ3) is 4.99. The number of carbonyl (C=O) groups excluding carboxylic acids is 1. The van der Waals surface area contributed by atoms with E-state index in [1.807, 2.05) is 0 Å². The zero-order valence-electron chi connectivity index (χ0n) is 13.6. The van der Waals surface area contributed by atoms with Crippen LogP contribution < -0.4 is 10.1 Å². The molecular weight excluding hydrogens is 401 g/mol. The average molecular weight is 413 g/mol. The number of amides is 1. The van der Waals surface area contributed by atoms with Gasteiger partial charge in [-0.25, -0.2) is 18.2 Å². The summed E-state index contributed by atoms with van der Waals surface area (Å²) < 4.78 is 45.2. The Labute approximate surface area is 161 Å². The van der Waals surface area contributed by atoms with E-state index in [2.05, 4.69) is 10.3 Å². The monoisotopic (exact) mass is 412 g/mol. The summed E-state index contributed by atoms with van der Waals surface area (Å²) in [5, 5.41) is 5.11. The van der Waals surface area contributed by atoms with E-state index >= 15 is 0 Å². The molecule has 1 heterocycles. The van der Waals surface area contributed by atoms with Gasteiger partial charge in [0.1, 0.15) is 17.4 Å². The first kappa shape index (κ1) is 19.2. The summed E-state index contributed by atoms with van der Waals surface area (Å²) >= 11 is 7.10. The molecule has 0 radical (unpaired) electrons. The van der Waals surface area contributed by atoms with Crippen LogP contribution in [-0.4, -0.2) is 10.9 Å². The van der Waals surface area contributed by atoms with Gasteiger partial charge in [-0.2, -0.15) is 0 Å². The lowest BCUT2D eigenvalue weighted by Gasteiger charge is -2.06. The third-order valence-corrected chi connectivity index (χ3v) is 4.55. The third-order valence-electron chi connectivity index (χ3n) is 3.43. The molecule has 0 atom stereocenters. The number of hydrogen-bond donors (Lipinski definition) is 1. The lowest BCUT2D eigenvalue weighted by Crippen LogP contribution is -2.16. The van der Waals surface area contributed by atoms with Crippen LogP contribution >= 0.6 is 22.9 Å². The molecule has 1 aromatic heterocycles. The molecule has 1 N–H and O–H groups in total. The lowest BCUT2D eigenvalue weighted by atomic mass is 10.2. The van der Waals surface area contributed by atoms with Crippen LogP contribution in [0.2, 0.25) is 5.02 Å². The fourth-order valence-electron chi connectivity index (χ4n) is 2.15. The Bertz CT molecular complexity index is 964. The van der Waals surface area contributed by atoms with Crippen molar-refractivity contribution in [1.29, 1.82) is 0 Å². The van der Waals surface area contributed by atoms with Crippen LogP contribution in [0.25, 0.3) is 0 Å². The molecule has 0 spiro atoms. The van der Waals surface area contributed by atoms with Crippen molar-refractivity contribution in [3.8, 4) is 5.75 Å². The van der Waals surface area contributed by atoms with Gasteiger partial charge in [0.15, 0.2) is 17.5 Å². The second-order valence-corrected chi connectivity index (χ2v) is 6.80. The first-order chi connectivity index (χ1) is 12.9. The largest absolute Gasteiger partial charge is 0.486 e. The molecule has 2 aromatic carbocycles. The van der Waals surface area contributed by atoms with Crippen molar-refractivity contribution in [3.63, 3.8) is 0 Å². The van der Waals surface area contributed by atoms with Gasteiger partial charge < -0.3 is 10.1 Å². The zero-order chi connectivity index (χ0) is 19.4. The van der Waals surface area contributed by atoms with Crippen molar-refractivity contribution in [3.05, 3.63) is 75.0 Å². The van der Waals surface area contributed by atoms with E-state index in [-0.39, 0.29) is 13.0 Å². The highest BCUT2D eigenvalue weighted by Gasteiger charge is 2.16. The summed E-state index contributed by atoms with van der Waals surface area (Å²) in [6, 6.07) is 8.54. The zero-order valence-corrected chi connectivity index (χ0v) is 15.2. The number of hydrogen-bond acceptors (Lipinski definition) is 4. The van der Waals surface area contributed by atoms with Gasteiger partial charge in [0.2, 0.25) is 5.91 Å². The highest BCUT2D eigenvalue weighted by atomic mass is 35.5. The predicted molar refractivity (Wildman–Crippen MR) is 96.5 cm³/mol. The highest BCUT2D eigenvalue weighted by molar-refractivity contribution is 7.09. The van der Waals surface area contributed by atoms with E-state index in [9.17, 15) is 18.0 Å². The number of thiazole rings is 1. The molecule has 0 bridgehead atoms. The summed E-state index contributed by atoms with van der Waals surface area (Å²) in [4.78, 5) is 16.2. The summed E-state index contributed by atoms with van der Waals surface area (Å²) in [5.74, 6) is -4.38. The number of ether oxygens (including phenoxy) is 1. The van der Waals surface area contributed by atoms with E-state index in [0.717, 1.165) is 12.1 Å². The van der Waals surface area contributed by atoms with Crippen molar-refractivity contribution >= 4 is 34.5 Å². The van der Waals surface area contributed by atoms with Crippen LogP contribution in [0.3, 0.4) is 0 Å². The fourth-order valence-corrected chi connectivity index (χ4v) is 2.98. The molecule has 0 saturated heterocycles. The number of rotatable bonds is 6. The quantitative estimate of drug-likeness (QED) is 0.581. The first-order valence-corrected chi connectivity index (χ1v) is 8.93. The van der Waals surface area contributed by atoms with Gasteiger partial charge in [-0.15, -0.1) is 11.3 Å². The molecule has 4 nitrogen and oxygen atoms in total. The molecule has 0 saturated carbocycles. The van der Waals surface area contributed by atoms with Gasteiger partial charge in [0.25, 0.3) is 0 Å². The van der Waals surface area contributed by atoms with E-state index in [0.29, 0.717) is 21.5 Å². The molecule has 1 amide bonds. The number of halogens is 4. The first-order valence-electron chi connectivity index (χ1n) is 7.67. The van der Waals surface area contributed by atoms with Gasteiger partial charge >= 0.3 is 0 Å². The Morgan fingerprint density at radius 1 is 1.11 bits per heavy atom. The van der Waals surface area contributed by atoms with Crippen molar-refractivity contribution in [2.75, 3.05) is 5.32 Å². The minimum Gasteiger partial charge on any atom is -0.486 e. The number of nitrogens with one attached hydrogen (secondary N) is 1. The highest BCUT2D eigenvalue weighted by Crippen LogP contribution is 2.21. The van der Waals surface area contributed by atoms with Crippen molar-refractivity contribution in [2.45, 2.75) is 13.0 Å². The van der Waals surface area contributed by atoms with Crippen molar-refractivity contribution in [1.82, 2.24) is 4.98 Å². The second-order valence-electron chi connectivity index (χ2n) is 5.42. The maximum atomic E-state index is 13.6. The summed E-state index contributed by atoms with van der Waals surface area (Å²) in [6.45, 7) is 0.214. The van der Waals surface area contributed by atoms with E-state index in [1.54, 1.807) is 29.6 Å². The summed E-state index contributed by atoms with van der Waals surface area (Å²) in [5.41, 5.74) is 0.0237. The average Bonchev–Trinajstić information content (AvgIpc) is 3.09. The van der Waals surface area contributed by atoms with E-state index in [4.69, 9.17) is 16.3 Å². The molecule has 0 fully saturated rings. The van der Waals surface area contributed by atoms with Gasteiger partial charge in [-0.3, -0.25) is 4.79 Å². The molecule has 27 heavy (non-hydrogen) atoms. The van der Waals surface area contributed by atoms with Crippen LogP contribution in [-0.2, 0) is 17.8 Å². The molecule has 3 aromatic rings. The number of benzene rings is 2. The second kappa shape index (κ2) is 8.41. The maximum Gasteiger partial charge on any atom is 0.230 e. The minimum absolute atomic E-state index is 0.143. The van der Waals surface area contributed by atoms with Crippen LogP contribution in [0, 0.1) is 17.5 Å². The number of anilines is 1. The Balaban J connectivity index is 1.56. The van der Waals surface area contributed by atoms with Gasteiger partial charge in [-0.05, 0) is 36.4 Å². The lowest BCUT2D eigenvalue weighted by molar-refractivity contribution is -0.115. The van der Waals surface area contributed by atoms with E-state index < -0.39 is 29.0 Å². The van der Waals surface area contributed by atoms with Crippen molar-refractivity contribution < 1.29 is 22.7 Å². The number of nitrogens with zero attached hydrogens (tertiary/aromatic N) is 1. The molecular formula is C18H12ClF3N2O2S. The molecule has 0 aliphatic carbocycles. The molecule has 0 aliphatic heterocycles. The smallest absolute Gasteiger partial charge is 0.230 e. The predicted octanol–water partition coefficient (Wildman–Crippen LogP) is 4.97. The van der Waals surface area contributed by atoms with Crippen LogP contribution in [0.15, 0.2) is 41.8 Å². The topological polar surface area (TPSA) is 51.2 Å². The summed E-state index contributed by atoms with van der Waals surface area (Å²) in [6.07, 6.45) is -0.143. The SMILES string of the molecule is O=C(Cc1csc(COc2ccc(Cl)cc2)n1)Nc1ccc(F)c(F)c1F.